The van der Waals surface area contributed by atoms with Crippen LogP contribution in [0.25, 0.3) is 12.2 Å². The molecule has 2 aromatic carbocycles. The highest BCUT2D eigenvalue weighted by molar-refractivity contribution is 9.10. The fourth-order valence-electron chi connectivity index (χ4n) is 2.86. The summed E-state index contributed by atoms with van der Waals surface area (Å²) >= 11 is 3.45. The maximum absolute atomic E-state index is 12.2. The fraction of sp³-hybridized carbons (Fsp3) is 0.269. The van der Waals surface area contributed by atoms with Crippen molar-refractivity contribution in [2.75, 3.05) is 20.3 Å². The van der Waals surface area contributed by atoms with Crippen LogP contribution in [0, 0.1) is 11.3 Å². The Bertz CT molecular complexity index is 1100. The van der Waals surface area contributed by atoms with Crippen LogP contribution in [-0.2, 0) is 9.59 Å². The van der Waals surface area contributed by atoms with Gasteiger partial charge in [-0.3, -0.25) is 4.79 Å². The van der Waals surface area contributed by atoms with Gasteiger partial charge in [-0.2, -0.15) is 5.26 Å². The van der Waals surface area contributed by atoms with Crippen molar-refractivity contribution in [1.82, 2.24) is 5.32 Å². The number of benzene rings is 2. The van der Waals surface area contributed by atoms with E-state index in [4.69, 9.17) is 14.2 Å². The third-order valence-corrected chi connectivity index (χ3v) is 5.13. The van der Waals surface area contributed by atoms with Gasteiger partial charge in [0.05, 0.1) is 18.2 Å². The number of hydrogen-bond donors (Lipinski definition) is 1. The molecule has 0 radical (unpaired) electrons. The second kappa shape index (κ2) is 13.9. The van der Waals surface area contributed by atoms with Gasteiger partial charge >= 0.3 is 5.97 Å². The molecule has 178 valence electrons. The van der Waals surface area contributed by atoms with E-state index in [0.717, 1.165) is 18.4 Å². The number of nitrogens with one attached hydrogen (secondary N) is 1. The normalized spacial score (nSPS) is 11.1. The lowest BCUT2D eigenvalue weighted by molar-refractivity contribution is -0.128. The Labute approximate surface area is 208 Å². The minimum atomic E-state index is -0.555. The Balaban J connectivity index is 2.03. The molecule has 2 rings (SSSR count). The largest absolute Gasteiger partial charge is 0.493 e. The van der Waals surface area contributed by atoms with E-state index in [1.807, 2.05) is 26.0 Å². The van der Waals surface area contributed by atoms with Crippen molar-refractivity contribution in [2.45, 2.75) is 26.7 Å². The number of nitriles is 1. The van der Waals surface area contributed by atoms with Crippen LogP contribution < -0.4 is 19.5 Å². The lowest BCUT2D eigenvalue weighted by Gasteiger charge is -2.12. The molecule has 2 aromatic rings. The highest BCUT2D eigenvalue weighted by Crippen LogP contribution is 2.37. The molecule has 0 aromatic heterocycles. The van der Waals surface area contributed by atoms with E-state index in [2.05, 4.69) is 21.2 Å². The van der Waals surface area contributed by atoms with Crippen LogP contribution in [0.5, 0.6) is 17.2 Å². The Kier molecular flexibility index (Phi) is 10.9. The van der Waals surface area contributed by atoms with Crippen molar-refractivity contribution < 1.29 is 23.8 Å². The molecule has 0 saturated carbocycles. The predicted octanol–water partition coefficient (Wildman–Crippen LogP) is 5.30. The van der Waals surface area contributed by atoms with Crippen molar-refractivity contribution >= 4 is 40.0 Å². The maximum Gasteiger partial charge on any atom is 0.336 e. The molecular formula is C26H27BrN2O5. The molecule has 0 spiro atoms. The van der Waals surface area contributed by atoms with Crippen molar-refractivity contribution in [1.29, 1.82) is 5.26 Å². The van der Waals surface area contributed by atoms with Gasteiger partial charge in [-0.05, 0) is 76.8 Å². The maximum atomic E-state index is 12.2. The van der Waals surface area contributed by atoms with E-state index in [1.165, 1.54) is 12.2 Å². The summed E-state index contributed by atoms with van der Waals surface area (Å²) in [5, 5.41) is 12.0. The van der Waals surface area contributed by atoms with Crippen LogP contribution >= 0.6 is 15.9 Å². The summed E-state index contributed by atoms with van der Waals surface area (Å²) in [5.41, 5.74) is 1.38. The number of nitrogens with zero attached hydrogens (tertiary/aromatic N) is 1. The number of unbranched alkanes of at least 4 members (excludes halogenated alkanes) is 1. The smallest absolute Gasteiger partial charge is 0.336 e. The Hall–Kier alpha value is -3.57. The van der Waals surface area contributed by atoms with Gasteiger partial charge in [0.1, 0.15) is 17.4 Å². The summed E-state index contributed by atoms with van der Waals surface area (Å²) in [5.74, 6) is 0.512. The average molecular weight is 527 g/mol. The molecule has 0 aliphatic rings. The number of ether oxygens (including phenoxy) is 3. The third kappa shape index (κ3) is 8.09. The second-order valence-corrected chi connectivity index (χ2v) is 7.92. The zero-order valence-corrected chi connectivity index (χ0v) is 21.0. The summed E-state index contributed by atoms with van der Waals surface area (Å²) in [7, 11) is 1.54. The van der Waals surface area contributed by atoms with E-state index in [0.29, 0.717) is 40.4 Å². The van der Waals surface area contributed by atoms with E-state index in [-0.39, 0.29) is 5.57 Å². The molecular weight excluding hydrogens is 500 g/mol. The van der Waals surface area contributed by atoms with Crippen LogP contribution in [0.1, 0.15) is 37.8 Å². The highest BCUT2D eigenvalue weighted by Gasteiger charge is 2.11. The Morgan fingerprint density at radius 3 is 2.50 bits per heavy atom. The minimum Gasteiger partial charge on any atom is -0.493 e. The molecule has 8 heteroatoms. The van der Waals surface area contributed by atoms with Gasteiger partial charge in [0.25, 0.3) is 5.91 Å². The molecule has 1 N–H and O–H groups in total. The SMILES string of the molecule is CCCCNC(=O)/C(C#N)=C/c1ccc(OC(=O)/C=C/c2cc(Br)c(OCC)c(OC)c2)cc1. The van der Waals surface area contributed by atoms with Crippen LogP contribution in [0.4, 0.5) is 0 Å². The first-order valence-corrected chi connectivity index (χ1v) is 11.6. The number of amides is 1. The molecule has 0 fully saturated rings. The van der Waals surface area contributed by atoms with E-state index >= 15 is 0 Å². The average Bonchev–Trinajstić information content (AvgIpc) is 2.83. The number of methoxy groups -OCH3 is 1. The predicted molar refractivity (Wildman–Crippen MR) is 134 cm³/mol. The molecule has 34 heavy (non-hydrogen) atoms. The van der Waals surface area contributed by atoms with E-state index in [1.54, 1.807) is 43.5 Å². The molecule has 0 saturated heterocycles. The van der Waals surface area contributed by atoms with Gasteiger partial charge in [-0.1, -0.05) is 25.5 Å². The Morgan fingerprint density at radius 2 is 1.88 bits per heavy atom. The zero-order chi connectivity index (χ0) is 24.9. The summed E-state index contributed by atoms with van der Waals surface area (Å²) in [6, 6.07) is 12.0. The van der Waals surface area contributed by atoms with Gasteiger partial charge < -0.3 is 19.5 Å². The Morgan fingerprint density at radius 1 is 1.15 bits per heavy atom. The first-order valence-electron chi connectivity index (χ1n) is 10.8. The number of esters is 1. The topological polar surface area (TPSA) is 97.7 Å². The molecule has 0 atom stereocenters. The molecule has 0 bridgehead atoms. The summed E-state index contributed by atoms with van der Waals surface area (Å²) < 4.78 is 17.0. The van der Waals surface area contributed by atoms with Crippen LogP contribution in [-0.4, -0.2) is 32.1 Å². The van der Waals surface area contributed by atoms with Gasteiger partial charge in [0.15, 0.2) is 11.5 Å². The first kappa shape index (κ1) is 26.7. The first-order chi connectivity index (χ1) is 16.4. The van der Waals surface area contributed by atoms with Gasteiger partial charge in [0.2, 0.25) is 0 Å². The number of carbonyl (C=O) groups is 2. The van der Waals surface area contributed by atoms with Crippen molar-refractivity contribution in [2.24, 2.45) is 0 Å². The quantitative estimate of drug-likeness (QED) is 0.140. The summed E-state index contributed by atoms with van der Waals surface area (Å²) in [6.45, 7) is 4.92. The minimum absolute atomic E-state index is 0.0146. The van der Waals surface area contributed by atoms with Crippen LogP contribution in [0.3, 0.4) is 0 Å². The summed E-state index contributed by atoms with van der Waals surface area (Å²) in [4.78, 5) is 24.3. The van der Waals surface area contributed by atoms with E-state index in [9.17, 15) is 14.9 Å². The number of rotatable bonds is 11. The molecule has 7 nitrogen and oxygen atoms in total. The molecule has 1 amide bonds. The van der Waals surface area contributed by atoms with Crippen LogP contribution in [0.15, 0.2) is 52.5 Å². The second-order valence-electron chi connectivity index (χ2n) is 7.07. The lowest BCUT2D eigenvalue weighted by Crippen LogP contribution is -2.25. The molecule has 0 aliphatic carbocycles. The molecule has 0 aliphatic heterocycles. The number of hydrogen-bond acceptors (Lipinski definition) is 6. The highest BCUT2D eigenvalue weighted by atomic mass is 79.9. The van der Waals surface area contributed by atoms with Gasteiger partial charge in [-0.25, -0.2) is 4.79 Å². The van der Waals surface area contributed by atoms with Crippen molar-refractivity contribution in [3.63, 3.8) is 0 Å². The molecule has 0 heterocycles. The zero-order valence-electron chi connectivity index (χ0n) is 19.4. The monoisotopic (exact) mass is 526 g/mol. The fourth-order valence-corrected chi connectivity index (χ4v) is 3.43. The van der Waals surface area contributed by atoms with Gasteiger partial charge in [0, 0.05) is 12.6 Å². The summed E-state index contributed by atoms with van der Waals surface area (Å²) in [6.07, 6.45) is 6.21. The number of carbonyl (C=O) groups excluding carboxylic acids is 2. The number of halogens is 1. The van der Waals surface area contributed by atoms with E-state index < -0.39 is 11.9 Å². The standard InChI is InChI=1S/C26H27BrN2O5/c1-4-6-13-29-26(31)20(17-28)14-18-7-10-21(11-8-18)34-24(30)12-9-19-15-22(27)25(33-5-2)23(16-19)32-3/h7-12,14-16H,4-6,13H2,1-3H3,(H,29,31)/b12-9+,20-14+. The third-order valence-electron chi connectivity index (χ3n) is 4.54. The van der Waals surface area contributed by atoms with Crippen molar-refractivity contribution in [3.05, 3.63) is 63.6 Å². The molecule has 0 unspecified atom stereocenters. The van der Waals surface area contributed by atoms with Crippen molar-refractivity contribution in [3.8, 4) is 23.3 Å². The van der Waals surface area contributed by atoms with Crippen LogP contribution in [0.2, 0.25) is 0 Å². The van der Waals surface area contributed by atoms with Gasteiger partial charge in [-0.15, -0.1) is 0 Å². The lowest BCUT2D eigenvalue weighted by atomic mass is 10.1.